The van der Waals surface area contributed by atoms with Gasteiger partial charge in [0.15, 0.2) is 0 Å². The molecular weight excluding hydrogens is 346 g/mol. The van der Waals surface area contributed by atoms with Crippen LogP contribution in [-0.4, -0.2) is 23.0 Å². The number of nitrogens with zero attached hydrogens (tertiary/aromatic N) is 3. The Kier molecular flexibility index (Phi) is 5.07. The topological polar surface area (TPSA) is 36.4 Å². The largest absolute Gasteiger partial charge is 0.326 e. The second-order valence-electron chi connectivity index (χ2n) is 6.85. The van der Waals surface area contributed by atoms with E-state index in [-0.39, 0.29) is 6.03 Å². The summed E-state index contributed by atoms with van der Waals surface area (Å²) in [6, 6.07) is 22.2. The van der Waals surface area contributed by atoms with Crippen LogP contribution >= 0.6 is 0 Å². The van der Waals surface area contributed by atoms with Gasteiger partial charge < -0.3 is 4.90 Å². The molecule has 1 aliphatic rings. The van der Waals surface area contributed by atoms with Crippen molar-refractivity contribution in [3.63, 3.8) is 0 Å². The average Bonchev–Trinajstić information content (AvgIpc) is 2.73. The summed E-state index contributed by atoms with van der Waals surface area (Å²) in [6.07, 6.45) is 2.45. The van der Waals surface area contributed by atoms with Crippen LogP contribution in [-0.2, 0) is 19.5 Å². The number of hydrogen-bond acceptors (Lipinski definition) is 2. The first-order valence-corrected chi connectivity index (χ1v) is 9.29. The van der Waals surface area contributed by atoms with Crippen molar-refractivity contribution < 1.29 is 4.79 Å². The second kappa shape index (κ2) is 7.98. The lowest BCUT2D eigenvalue weighted by Crippen LogP contribution is -2.45. The van der Waals surface area contributed by atoms with E-state index in [9.17, 15) is 4.79 Å². The molecule has 4 rings (SSSR count). The molecule has 0 aliphatic carbocycles. The van der Waals surface area contributed by atoms with Gasteiger partial charge in [-0.2, -0.15) is 0 Å². The molecular formula is C24H21N3O. The zero-order valence-corrected chi connectivity index (χ0v) is 15.8. The number of amides is 2. The predicted octanol–water partition coefficient (Wildman–Crippen LogP) is 4.25. The SMILES string of the molecule is CN1C(=O)N(Cc2ccccc2)Cc2cc(C#CCc3ccccc3)cnc21. The third-order valence-corrected chi connectivity index (χ3v) is 4.76. The van der Waals surface area contributed by atoms with Gasteiger partial charge >= 0.3 is 6.03 Å². The standard InChI is InChI=1S/C24H21N3O/c1-26-23-22(18-27(24(26)28)17-20-11-6-3-7-12-20)15-21(16-25-23)14-8-13-19-9-4-2-5-10-19/h2-7,9-12,15-16H,13,17-18H2,1H3. The number of rotatable bonds is 3. The molecule has 0 spiro atoms. The smallest absolute Gasteiger partial charge is 0.316 e. The van der Waals surface area contributed by atoms with Crippen molar-refractivity contribution in [1.29, 1.82) is 0 Å². The van der Waals surface area contributed by atoms with Gasteiger partial charge in [-0.15, -0.1) is 0 Å². The minimum Gasteiger partial charge on any atom is -0.316 e. The number of fused-ring (bicyclic) bond motifs is 1. The summed E-state index contributed by atoms with van der Waals surface area (Å²) < 4.78 is 0. The van der Waals surface area contributed by atoms with E-state index in [0.29, 0.717) is 25.3 Å². The Balaban J connectivity index is 1.53. The fraction of sp³-hybridized carbons (Fsp3) is 0.167. The highest BCUT2D eigenvalue weighted by Crippen LogP contribution is 2.27. The van der Waals surface area contributed by atoms with Gasteiger partial charge in [-0.3, -0.25) is 4.90 Å². The first kappa shape index (κ1) is 17.8. The molecule has 1 aliphatic heterocycles. The number of aromatic nitrogens is 1. The van der Waals surface area contributed by atoms with Gasteiger partial charge in [0, 0.05) is 37.3 Å². The highest BCUT2D eigenvalue weighted by Gasteiger charge is 2.28. The van der Waals surface area contributed by atoms with Crippen LogP contribution in [0.4, 0.5) is 10.6 Å². The second-order valence-corrected chi connectivity index (χ2v) is 6.85. The molecule has 4 nitrogen and oxygen atoms in total. The fourth-order valence-electron chi connectivity index (χ4n) is 3.34. The molecule has 28 heavy (non-hydrogen) atoms. The molecule has 0 radical (unpaired) electrons. The Morgan fingerprint density at radius 2 is 1.68 bits per heavy atom. The number of pyridine rings is 1. The Morgan fingerprint density at radius 3 is 2.39 bits per heavy atom. The molecule has 2 heterocycles. The van der Waals surface area contributed by atoms with Crippen LogP contribution in [0.25, 0.3) is 0 Å². The summed E-state index contributed by atoms with van der Waals surface area (Å²) in [7, 11) is 1.77. The number of benzene rings is 2. The zero-order valence-electron chi connectivity index (χ0n) is 15.8. The van der Waals surface area contributed by atoms with Crippen LogP contribution in [0.2, 0.25) is 0 Å². The molecule has 0 saturated heterocycles. The third-order valence-electron chi connectivity index (χ3n) is 4.76. The summed E-state index contributed by atoms with van der Waals surface area (Å²) in [5, 5.41) is 0. The van der Waals surface area contributed by atoms with E-state index in [1.54, 1.807) is 18.1 Å². The van der Waals surface area contributed by atoms with Crippen LogP contribution in [0.15, 0.2) is 72.9 Å². The normalized spacial score (nSPS) is 13.0. The Bertz CT molecular complexity index is 1040. The maximum atomic E-state index is 12.7. The van der Waals surface area contributed by atoms with Crippen molar-refractivity contribution in [1.82, 2.24) is 9.88 Å². The minimum absolute atomic E-state index is 0.0354. The predicted molar refractivity (Wildman–Crippen MR) is 111 cm³/mol. The van der Waals surface area contributed by atoms with E-state index >= 15 is 0 Å². The minimum atomic E-state index is -0.0354. The highest BCUT2D eigenvalue weighted by atomic mass is 16.2. The molecule has 0 bridgehead atoms. The number of anilines is 1. The fourth-order valence-corrected chi connectivity index (χ4v) is 3.34. The van der Waals surface area contributed by atoms with Gasteiger partial charge in [0.05, 0.1) is 6.54 Å². The Morgan fingerprint density at radius 1 is 1.00 bits per heavy atom. The van der Waals surface area contributed by atoms with Crippen molar-refractivity contribution >= 4 is 11.8 Å². The maximum Gasteiger partial charge on any atom is 0.326 e. The summed E-state index contributed by atoms with van der Waals surface area (Å²) in [5.74, 6) is 7.12. The lowest BCUT2D eigenvalue weighted by Gasteiger charge is -2.34. The van der Waals surface area contributed by atoms with E-state index in [1.165, 1.54) is 5.56 Å². The van der Waals surface area contributed by atoms with Crippen molar-refractivity contribution in [2.45, 2.75) is 19.5 Å². The van der Waals surface area contributed by atoms with Crippen molar-refractivity contribution in [3.05, 3.63) is 95.2 Å². The van der Waals surface area contributed by atoms with E-state index in [4.69, 9.17) is 0 Å². The Hall–Kier alpha value is -3.58. The van der Waals surface area contributed by atoms with Crippen LogP contribution in [0.1, 0.15) is 22.3 Å². The summed E-state index contributed by atoms with van der Waals surface area (Å²) in [5.41, 5.74) is 4.20. The molecule has 0 fully saturated rings. The van der Waals surface area contributed by atoms with Gasteiger partial charge in [-0.25, -0.2) is 9.78 Å². The van der Waals surface area contributed by atoms with Crippen LogP contribution in [0.5, 0.6) is 0 Å². The lowest BCUT2D eigenvalue weighted by molar-refractivity contribution is 0.196. The molecule has 4 heteroatoms. The van der Waals surface area contributed by atoms with Gasteiger partial charge in [-0.1, -0.05) is 72.5 Å². The van der Waals surface area contributed by atoms with Gasteiger partial charge in [0.2, 0.25) is 0 Å². The molecule has 0 N–H and O–H groups in total. The number of urea groups is 1. The van der Waals surface area contributed by atoms with E-state index < -0.39 is 0 Å². The molecule has 0 atom stereocenters. The van der Waals surface area contributed by atoms with E-state index in [1.807, 2.05) is 59.5 Å². The number of carbonyl (C=O) groups excluding carboxylic acids is 1. The molecule has 0 unspecified atom stereocenters. The highest BCUT2D eigenvalue weighted by molar-refractivity contribution is 5.93. The first-order valence-electron chi connectivity index (χ1n) is 9.29. The van der Waals surface area contributed by atoms with Crippen molar-refractivity contribution in [3.8, 4) is 11.8 Å². The van der Waals surface area contributed by atoms with E-state index in [2.05, 4.69) is 29.0 Å². The third kappa shape index (κ3) is 3.89. The molecule has 3 aromatic rings. The number of hydrogen-bond donors (Lipinski definition) is 0. The van der Waals surface area contributed by atoms with Gasteiger partial charge in [0.25, 0.3) is 0 Å². The Labute approximate surface area is 165 Å². The summed E-state index contributed by atoms with van der Waals surface area (Å²) in [6.45, 7) is 1.11. The van der Waals surface area contributed by atoms with Crippen LogP contribution in [0.3, 0.4) is 0 Å². The first-order chi connectivity index (χ1) is 13.7. The summed E-state index contributed by atoms with van der Waals surface area (Å²) in [4.78, 5) is 20.6. The van der Waals surface area contributed by atoms with Crippen molar-refractivity contribution in [2.24, 2.45) is 0 Å². The summed E-state index contributed by atoms with van der Waals surface area (Å²) >= 11 is 0. The number of carbonyl (C=O) groups is 1. The lowest BCUT2D eigenvalue weighted by atomic mass is 10.1. The van der Waals surface area contributed by atoms with Crippen LogP contribution in [0, 0.1) is 11.8 Å². The van der Waals surface area contributed by atoms with Gasteiger partial charge in [0.1, 0.15) is 5.82 Å². The molecule has 2 aromatic carbocycles. The quantitative estimate of drug-likeness (QED) is 0.649. The zero-order chi connectivity index (χ0) is 19.3. The van der Waals surface area contributed by atoms with Crippen LogP contribution < -0.4 is 4.90 Å². The monoisotopic (exact) mass is 367 g/mol. The molecule has 0 saturated carbocycles. The van der Waals surface area contributed by atoms with Gasteiger partial charge in [-0.05, 0) is 17.2 Å². The molecule has 138 valence electrons. The molecule has 1 aromatic heterocycles. The average molecular weight is 367 g/mol. The maximum absolute atomic E-state index is 12.7. The van der Waals surface area contributed by atoms with E-state index in [0.717, 1.165) is 16.7 Å². The molecule has 2 amide bonds. The van der Waals surface area contributed by atoms with Crippen molar-refractivity contribution in [2.75, 3.05) is 11.9 Å².